The van der Waals surface area contributed by atoms with Crippen molar-refractivity contribution in [2.75, 3.05) is 0 Å². The molecule has 3 nitrogen and oxygen atoms in total. The number of aryl methyl sites for hydroxylation is 1. The van der Waals surface area contributed by atoms with Crippen LogP contribution in [0.3, 0.4) is 0 Å². The highest BCUT2D eigenvalue weighted by Gasteiger charge is 2.06. The molecule has 2 heterocycles. The number of hydrogen-bond acceptors (Lipinski definition) is 2. The van der Waals surface area contributed by atoms with Crippen LogP contribution in [-0.4, -0.2) is 14.5 Å². The zero-order valence-electron chi connectivity index (χ0n) is 6.17. The third kappa shape index (κ3) is 1.06. The molecule has 0 spiro atoms. The van der Waals surface area contributed by atoms with Gasteiger partial charge in [-0.25, -0.2) is 4.98 Å². The smallest absolute Gasteiger partial charge is 0.225 e. The third-order valence-corrected chi connectivity index (χ3v) is 2.03. The molecule has 5 heteroatoms. The maximum absolute atomic E-state index is 5.81. The summed E-state index contributed by atoms with van der Waals surface area (Å²) in [6.07, 6.45) is 2.92. The highest BCUT2D eigenvalue weighted by molar-refractivity contribution is 6.35. The Kier molecular flexibility index (Phi) is 1.70. The summed E-state index contributed by atoms with van der Waals surface area (Å²) < 4.78 is 1.72. The molecule has 61 valence electrons. The minimum Gasteiger partial charge on any atom is -0.327 e. The molecule has 2 aromatic rings. The Morgan fingerprint density at radius 1 is 1.42 bits per heavy atom. The number of rotatable bonds is 0. The lowest BCUT2D eigenvalue weighted by Gasteiger charge is -1.96. The first kappa shape index (κ1) is 7.83. The van der Waals surface area contributed by atoms with E-state index in [2.05, 4.69) is 16.2 Å². The van der Waals surface area contributed by atoms with Crippen LogP contribution in [0.2, 0.25) is 10.4 Å². The molecule has 12 heavy (non-hydrogen) atoms. The first-order valence-corrected chi connectivity index (χ1v) is 4.00. The molecule has 0 amide bonds. The molecule has 0 bridgehead atoms. The first-order chi connectivity index (χ1) is 5.68. The molecule has 0 aliphatic carbocycles. The number of hydrogen-bond donors (Lipinski definition) is 0. The number of nitrogens with zero attached hydrogens (tertiary/aromatic N) is 3. The molecule has 0 aliphatic rings. The molecule has 0 aliphatic heterocycles. The SMILES string of the molecule is Cn1[c]cc2c(Cl)nc(Cl)nc21. The maximum Gasteiger partial charge on any atom is 0.225 e. The second-order valence-corrected chi connectivity index (χ2v) is 3.05. The molecular weight excluding hydrogens is 197 g/mol. The minimum atomic E-state index is 0.155. The van der Waals surface area contributed by atoms with E-state index in [0.29, 0.717) is 10.8 Å². The van der Waals surface area contributed by atoms with E-state index in [1.165, 1.54) is 0 Å². The van der Waals surface area contributed by atoms with Gasteiger partial charge in [0.15, 0.2) is 0 Å². The van der Waals surface area contributed by atoms with Gasteiger partial charge in [-0.2, -0.15) is 4.98 Å². The molecule has 0 N–H and O–H groups in total. The lowest BCUT2D eigenvalue weighted by Crippen LogP contribution is -1.90. The average molecular weight is 201 g/mol. The summed E-state index contributed by atoms with van der Waals surface area (Å²) in [5.41, 5.74) is 0.694. The van der Waals surface area contributed by atoms with Gasteiger partial charge < -0.3 is 4.57 Å². The molecule has 2 aromatic heterocycles. The molecule has 0 saturated heterocycles. The zero-order chi connectivity index (χ0) is 8.72. The third-order valence-electron chi connectivity index (χ3n) is 1.57. The Bertz CT molecular complexity index is 435. The monoisotopic (exact) mass is 200 g/mol. The lowest BCUT2D eigenvalue weighted by atomic mass is 10.4. The Hall–Kier alpha value is -0.800. The van der Waals surface area contributed by atoms with Gasteiger partial charge in [-0.15, -0.1) is 0 Å². The van der Waals surface area contributed by atoms with Crippen LogP contribution in [-0.2, 0) is 7.05 Å². The second kappa shape index (κ2) is 2.61. The summed E-state index contributed by atoms with van der Waals surface area (Å²) >= 11 is 11.4. The quantitative estimate of drug-likeness (QED) is 0.482. The van der Waals surface area contributed by atoms with Gasteiger partial charge in [0.2, 0.25) is 5.28 Å². The fraction of sp³-hybridized carbons (Fsp3) is 0.143. The van der Waals surface area contributed by atoms with Gasteiger partial charge in [-0.05, 0) is 17.7 Å². The van der Waals surface area contributed by atoms with E-state index in [0.717, 1.165) is 5.39 Å². The highest BCUT2D eigenvalue weighted by Crippen LogP contribution is 2.21. The van der Waals surface area contributed by atoms with Crippen LogP contribution in [0.15, 0.2) is 6.07 Å². The van der Waals surface area contributed by atoms with E-state index < -0.39 is 0 Å². The van der Waals surface area contributed by atoms with Gasteiger partial charge in [-0.1, -0.05) is 11.6 Å². The van der Waals surface area contributed by atoms with Crippen LogP contribution in [0.5, 0.6) is 0 Å². The molecule has 0 unspecified atom stereocenters. The number of aromatic nitrogens is 3. The van der Waals surface area contributed by atoms with Crippen LogP contribution in [0.25, 0.3) is 11.0 Å². The lowest BCUT2D eigenvalue weighted by molar-refractivity contribution is 0.935. The van der Waals surface area contributed by atoms with Crippen molar-refractivity contribution in [3.05, 3.63) is 22.7 Å². The average Bonchev–Trinajstić information content (AvgIpc) is 2.33. The summed E-state index contributed by atoms with van der Waals surface area (Å²) in [5, 5.41) is 1.29. The fourth-order valence-corrected chi connectivity index (χ4v) is 1.44. The maximum atomic E-state index is 5.81. The van der Waals surface area contributed by atoms with Crippen molar-refractivity contribution in [1.29, 1.82) is 0 Å². The summed E-state index contributed by atoms with van der Waals surface area (Å²) in [4.78, 5) is 7.80. The topological polar surface area (TPSA) is 30.7 Å². The van der Waals surface area contributed by atoms with Gasteiger partial charge in [0.1, 0.15) is 10.8 Å². The molecule has 0 saturated carbocycles. The van der Waals surface area contributed by atoms with E-state index in [9.17, 15) is 0 Å². The van der Waals surface area contributed by atoms with Crippen molar-refractivity contribution in [1.82, 2.24) is 14.5 Å². The zero-order valence-corrected chi connectivity index (χ0v) is 7.69. The van der Waals surface area contributed by atoms with Gasteiger partial charge in [-0.3, -0.25) is 0 Å². The molecule has 0 aromatic carbocycles. The van der Waals surface area contributed by atoms with Crippen LogP contribution < -0.4 is 0 Å². The summed E-state index contributed by atoms with van der Waals surface area (Å²) in [5.74, 6) is 0. The summed E-state index contributed by atoms with van der Waals surface area (Å²) in [6.45, 7) is 0. The largest absolute Gasteiger partial charge is 0.327 e. The standard InChI is InChI=1S/C7H4Cl2N3/c1-12-3-2-4-5(8)10-7(9)11-6(4)12/h2H,1H3. The molecule has 1 radical (unpaired) electrons. The van der Waals surface area contributed by atoms with Crippen LogP contribution in [0, 0.1) is 6.20 Å². The predicted molar refractivity (Wildman–Crippen MR) is 47.4 cm³/mol. The normalized spacial score (nSPS) is 10.9. The van der Waals surface area contributed by atoms with Crippen LogP contribution in [0.1, 0.15) is 0 Å². The van der Waals surface area contributed by atoms with E-state index >= 15 is 0 Å². The summed E-state index contributed by atoms with van der Waals surface area (Å²) in [6, 6.07) is 1.73. The van der Waals surface area contributed by atoms with Crippen LogP contribution in [0.4, 0.5) is 0 Å². The Morgan fingerprint density at radius 2 is 2.17 bits per heavy atom. The van der Waals surface area contributed by atoms with Crippen molar-refractivity contribution in [2.24, 2.45) is 7.05 Å². The van der Waals surface area contributed by atoms with E-state index in [1.54, 1.807) is 10.6 Å². The van der Waals surface area contributed by atoms with Gasteiger partial charge in [0, 0.05) is 7.05 Å². The van der Waals surface area contributed by atoms with Crippen molar-refractivity contribution in [3.8, 4) is 0 Å². The van der Waals surface area contributed by atoms with E-state index in [4.69, 9.17) is 23.2 Å². The predicted octanol–water partition coefficient (Wildman–Crippen LogP) is 2.08. The van der Waals surface area contributed by atoms with Crippen molar-refractivity contribution < 1.29 is 0 Å². The van der Waals surface area contributed by atoms with Crippen molar-refractivity contribution in [3.63, 3.8) is 0 Å². The van der Waals surface area contributed by atoms with Crippen LogP contribution >= 0.6 is 23.2 Å². The van der Waals surface area contributed by atoms with E-state index in [1.807, 2.05) is 7.05 Å². The Morgan fingerprint density at radius 3 is 2.92 bits per heavy atom. The van der Waals surface area contributed by atoms with Crippen molar-refractivity contribution in [2.45, 2.75) is 0 Å². The molecule has 0 fully saturated rings. The van der Waals surface area contributed by atoms with Crippen molar-refractivity contribution >= 4 is 34.2 Å². The second-order valence-electron chi connectivity index (χ2n) is 2.35. The minimum absolute atomic E-state index is 0.155. The number of fused-ring (bicyclic) bond motifs is 1. The van der Waals surface area contributed by atoms with Gasteiger partial charge in [0.25, 0.3) is 0 Å². The Balaban J connectivity index is 2.92. The Labute approximate surface area is 78.9 Å². The van der Waals surface area contributed by atoms with Gasteiger partial charge in [0.05, 0.1) is 11.6 Å². The number of halogens is 2. The highest BCUT2D eigenvalue weighted by atomic mass is 35.5. The molecular formula is C7H4Cl2N3. The summed E-state index contributed by atoms with van der Waals surface area (Å²) in [7, 11) is 1.82. The first-order valence-electron chi connectivity index (χ1n) is 3.24. The molecule has 0 atom stereocenters. The van der Waals surface area contributed by atoms with Gasteiger partial charge >= 0.3 is 0 Å². The fourth-order valence-electron chi connectivity index (χ4n) is 1.01. The molecule has 2 rings (SSSR count). The van der Waals surface area contributed by atoms with E-state index in [-0.39, 0.29) is 5.28 Å².